The van der Waals surface area contributed by atoms with Gasteiger partial charge in [-0.1, -0.05) is 13.8 Å². The number of hydrogen-bond donors (Lipinski definition) is 3. The molecule has 26 heavy (non-hydrogen) atoms. The first-order valence-corrected chi connectivity index (χ1v) is 9.57. The summed E-state index contributed by atoms with van der Waals surface area (Å²) in [6, 6.07) is 6.46. The molecule has 0 atom stereocenters. The van der Waals surface area contributed by atoms with Crippen molar-refractivity contribution in [3.63, 3.8) is 0 Å². The summed E-state index contributed by atoms with van der Waals surface area (Å²) in [4.78, 5) is 20.6. The van der Waals surface area contributed by atoms with Crippen LogP contribution in [0.25, 0.3) is 0 Å². The van der Waals surface area contributed by atoms with E-state index < -0.39 is 22.0 Å². The Morgan fingerprint density at radius 1 is 1.04 bits per heavy atom. The van der Waals surface area contributed by atoms with Gasteiger partial charge < -0.3 is 19.8 Å². The SMILES string of the molecule is CCOc1ccc(S(=O)(=O)NCCN(CC)CC)cc1.O=C(O)C(=O)O. The zero-order chi connectivity index (χ0) is 20.2. The Morgan fingerprint density at radius 3 is 1.92 bits per heavy atom. The molecule has 0 heterocycles. The molecule has 0 unspecified atom stereocenters. The summed E-state index contributed by atoms with van der Waals surface area (Å²) in [6.45, 7) is 9.53. The van der Waals surface area contributed by atoms with Crippen molar-refractivity contribution in [1.82, 2.24) is 9.62 Å². The van der Waals surface area contributed by atoms with Crippen LogP contribution >= 0.6 is 0 Å². The number of ether oxygens (including phenoxy) is 1. The molecule has 0 aliphatic heterocycles. The van der Waals surface area contributed by atoms with Gasteiger partial charge >= 0.3 is 11.9 Å². The van der Waals surface area contributed by atoms with Crippen molar-refractivity contribution in [3.8, 4) is 5.75 Å². The van der Waals surface area contributed by atoms with Crippen LogP contribution < -0.4 is 9.46 Å². The number of carbonyl (C=O) groups is 2. The Labute approximate surface area is 153 Å². The van der Waals surface area contributed by atoms with Crippen LogP contribution in [-0.2, 0) is 19.6 Å². The first-order valence-electron chi connectivity index (χ1n) is 8.08. The molecule has 9 nitrogen and oxygen atoms in total. The Hall–Kier alpha value is -2.17. The van der Waals surface area contributed by atoms with Crippen molar-refractivity contribution >= 4 is 22.0 Å². The zero-order valence-electron chi connectivity index (χ0n) is 15.1. The van der Waals surface area contributed by atoms with Crippen LogP contribution in [0.15, 0.2) is 29.2 Å². The number of aliphatic carboxylic acids is 2. The van der Waals surface area contributed by atoms with E-state index in [2.05, 4.69) is 23.5 Å². The van der Waals surface area contributed by atoms with E-state index in [-0.39, 0.29) is 4.90 Å². The maximum Gasteiger partial charge on any atom is 0.414 e. The number of nitrogens with zero attached hydrogens (tertiary/aromatic N) is 1. The summed E-state index contributed by atoms with van der Waals surface area (Å²) < 4.78 is 32.1. The average Bonchev–Trinajstić information content (AvgIpc) is 2.60. The molecule has 1 rings (SSSR count). The molecule has 0 aromatic heterocycles. The molecule has 1 aromatic rings. The van der Waals surface area contributed by atoms with Crippen molar-refractivity contribution in [2.75, 3.05) is 32.8 Å². The van der Waals surface area contributed by atoms with E-state index in [4.69, 9.17) is 24.5 Å². The summed E-state index contributed by atoms with van der Waals surface area (Å²) in [5.74, 6) is -2.97. The number of hydrogen-bond acceptors (Lipinski definition) is 6. The quantitative estimate of drug-likeness (QED) is 0.529. The first-order chi connectivity index (χ1) is 12.2. The Bertz CT molecular complexity index is 644. The maximum absolute atomic E-state index is 12.1. The Morgan fingerprint density at radius 2 is 1.54 bits per heavy atom. The van der Waals surface area contributed by atoms with Crippen LogP contribution in [-0.4, -0.2) is 68.3 Å². The van der Waals surface area contributed by atoms with Gasteiger partial charge in [-0.2, -0.15) is 0 Å². The minimum Gasteiger partial charge on any atom is -0.494 e. The highest BCUT2D eigenvalue weighted by Gasteiger charge is 2.13. The number of rotatable bonds is 9. The number of sulfonamides is 1. The van der Waals surface area contributed by atoms with Crippen LogP contribution in [0.5, 0.6) is 5.75 Å². The third kappa shape index (κ3) is 9.35. The van der Waals surface area contributed by atoms with Crippen LogP contribution in [0.4, 0.5) is 0 Å². The number of carboxylic acid groups (broad SMARTS) is 2. The molecule has 1 aromatic carbocycles. The average molecular weight is 390 g/mol. The number of likely N-dealkylation sites (N-methyl/N-ethyl adjacent to an activating group) is 1. The summed E-state index contributed by atoms with van der Waals surface area (Å²) in [5.41, 5.74) is 0. The van der Waals surface area contributed by atoms with Gasteiger partial charge in [-0.25, -0.2) is 22.7 Å². The van der Waals surface area contributed by atoms with Gasteiger partial charge in [-0.3, -0.25) is 0 Å². The fourth-order valence-corrected chi connectivity index (χ4v) is 2.86. The van der Waals surface area contributed by atoms with Crippen molar-refractivity contribution in [2.24, 2.45) is 0 Å². The molecule has 10 heteroatoms. The van der Waals surface area contributed by atoms with Gasteiger partial charge in [0.05, 0.1) is 11.5 Å². The van der Waals surface area contributed by atoms with E-state index in [1.54, 1.807) is 24.3 Å². The Balaban J connectivity index is 0.000000896. The summed E-state index contributed by atoms with van der Waals surface area (Å²) in [6.07, 6.45) is 0. The fourth-order valence-electron chi connectivity index (χ4n) is 1.84. The first kappa shape index (κ1) is 23.8. The van der Waals surface area contributed by atoms with Gasteiger partial charge in [0.1, 0.15) is 5.75 Å². The highest BCUT2D eigenvalue weighted by atomic mass is 32.2. The number of benzene rings is 1. The van der Waals surface area contributed by atoms with Crippen LogP contribution in [0.1, 0.15) is 20.8 Å². The fraction of sp³-hybridized carbons (Fsp3) is 0.500. The molecule has 0 aliphatic carbocycles. The van der Waals surface area contributed by atoms with E-state index in [9.17, 15) is 8.42 Å². The molecular weight excluding hydrogens is 364 g/mol. The van der Waals surface area contributed by atoms with E-state index in [0.717, 1.165) is 13.1 Å². The smallest absolute Gasteiger partial charge is 0.414 e. The molecule has 0 radical (unpaired) electrons. The molecule has 0 spiro atoms. The normalized spacial score (nSPS) is 10.8. The van der Waals surface area contributed by atoms with Gasteiger partial charge in [-0.15, -0.1) is 0 Å². The lowest BCUT2D eigenvalue weighted by Crippen LogP contribution is -2.34. The summed E-state index contributed by atoms with van der Waals surface area (Å²) in [5, 5.41) is 14.8. The highest BCUT2D eigenvalue weighted by molar-refractivity contribution is 7.89. The van der Waals surface area contributed by atoms with Gasteiger partial charge in [0, 0.05) is 13.1 Å². The second-order valence-electron chi connectivity index (χ2n) is 4.94. The number of carboxylic acids is 2. The maximum atomic E-state index is 12.1. The predicted octanol–water partition coefficient (Wildman–Crippen LogP) is 0.861. The van der Waals surface area contributed by atoms with E-state index in [0.29, 0.717) is 25.4 Å². The van der Waals surface area contributed by atoms with Crippen LogP contribution in [0.3, 0.4) is 0 Å². The molecule has 3 N–H and O–H groups in total. The minimum atomic E-state index is -3.44. The van der Waals surface area contributed by atoms with Gasteiger partial charge in [0.25, 0.3) is 0 Å². The van der Waals surface area contributed by atoms with Gasteiger partial charge in [0.2, 0.25) is 10.0 Å². The molecule has 0 saturated heterocycles. The third-order valence-corrected chi connectivity index (χ3v) is 4.72. The van der Waals surface area contributed by atoms with Crippen molar-refractivity contribution in [1.29, 1.82) is 0 Å². The second kappa shape index (κ2) is 12.2. The van der Waals surface area contributed by atoms with Crippen LogP contribution in [0, 0.1) is 0 Å². The predicted molar refractivity (Wildman–Crippen MR) is 95.9 cm³/mol. The lowest BCUT2D eigenvalue weighted by atomic mass is 10.3. The molecule has 0 saturated carbocycles. The highest BCUT2D eigenvalue weighted by Crippen LogP contribution is 2.15. The van der Waals surface area contributed by atoms with Crippen molar-refractivity contribution in [2.45, 2.75) is 25.7 Å². The lowest BCUT2D eigenvalue weighted by Gasteiger charge is -2.18. The van der Waals surface area contributed by atoms with E-state index in [1.807, 2.05) is 6.92 Å². The largest absolute Gasteiger partial charge is 0.494 e. The Kier molecular flexibility index (Phi) is 11.2. The van der Waals surface area contributed by atoms with Crippen LogP contribution in [0.2, 0.25) is 0 Å². The standard InChI is InChI=1S/C14H24N2O3S.C2H2O4/c1-4-16(5-2)12-11-15-20(17,18)14-9-7-13(8-10-14)19-6-3;3-1(4)2(5)6/h7-10,15H,4-6,11-12H2,1-3H3;(H,3,4)(H,5,6). The molecular formula is C16H26N2O7S. The topological polar surface area (TPSA) is 133 Å². The summed E-state index contributed by atoms with van der Waals surface area (Å²) in [7, 11) is -3.44. The molecule has 0 aliphatic rings. The van der Waals surface area contributed by atoms with E-state index in [1.165, 1.54) is 0 Å². The molecule has 148 valence electrons. The third-order valence-electron chi connectivity index (χ3n) is 3.24. The van der Waals surface area contributed by atoms with Crippen molar-refractivity contribution < 1.29 is 33.0 Å². The number of nitrogens with one attached hydrogen (secondary N) is 1. The second-order valence-corrected chi connectivity index (χ2v) is 6.71. The lowest BCUT2D eigenvalue weighted by molar-refractivity contribution is -0.159. The minimum absolute atomic E-state index is 0.264. The van der Waals surface area contributed by atoms with Gasteiger partial charge in [-0.05, 0) is 44.3 Å². The van der Waals surface area contributed by atoms with E-state index >= 15 is 0 Å². The monoisotopic (exact) mass is 390 g/mol. The van der Waals surface area contributed by atoms with Gasteiger partial charge in [0.15, 0.2) is 0 Å². The molecule has 0 amide bonds. The molecule has 0 fully saturated rings. The van der Waals surface area contributed by atoms with Crippen molar-refractivity contribution in [3.05, 3.63) is 24.3 Å². The molecule has 0 bridgehead atoms. The zero-order valence-corrected chi connectivity index (χ0v) is 16.0. The summed E-state index contributed by atoms with van der Waals surface area (Å²) >= 11 is 0.